The Balaban J connectivity index is 2.77. The number of hydrogen-bond acceptors (Lipinski definition) is 2. The summed E-state index contributed by atoms with van der Waals surface area (Å²) in [6, 6.07) is 5.20. The van der Waals surface area contributed by atoms with E-state index in [9.17, 15) is 4.79 Å². The SMILES string of the molecule is CN(C)Cc1cc(Cl)cc(CNC(N)=O)c1. The average Bonchev–Trinajstić information content (AvgIpc) is 2.12. The van der Waals surface area contributed by atoms with Crippen molar-refractivity contribution in [3.8, 4) is 0 Å². The molecule has 2 amide bonds. The highest BCUT2D eigenvalue weighted by Gasteiger charge is 2.02. The Morgan fingerprint density at radius 2 is 2.00 bits per heavy atom. The lowest BCUT2D eigenvalue weighted by atomic mass is 10.1. The zero-order valence-corrected chi connectivity index (χ0v) is 10.2. The molecule has 0 heterocycles. The number of nitrogens with zero attached hydrogens (tertiary/aromatic N) is 1. The molecule has 0 aromatic heterocycles. The summed E-state index contributed by atoms with van der Waals surface area (Å²) < 4.78 is 0. The molecule has 16 heavy (non-hydrogen) atoms. The quantitative estimate of drug-likeness (QED) is 0.841. The Morgan fingerprint density at radius 3 is 2.56 bits per heavy atom. The summed E-state index contributed by atoms with van der Waals surface area (Å²) in [5, 5.41) is 3.20. The summed E-state index contributed by atoms with van der Waals surface area (Å²) in [5.41, 5.74) is 7.06. The van der Waals surface area contributed by atoms with Crippen molar-refractivity contribution in [2.24, 2.45) is 5.73 Å². The maximum atomic E-state index is 10.6. The second-order valence-corrected chi connectivity index (χ2v) is 4.36. The summed E-state index contributed by atoms with van der Waals surface area (Å²) in [6.07, 6.45) is 0. The minimum absolute atomic E-state index is 0.399. The van der Waals surface area contributed by atoms with E-state index >= 15 is 0 Å². The van der Waals surface area contributed by atoms with Gasteiger partial charge in [-0.15, -0.1) is 0 Å². The highest BCUT2D eigenvalue weighted by atomic mass is 35.5. The zero-order valence-electron chi connectivity index (χ0n) is 9.46. The number of primary amides is 1. The minimum Gasteiger partial charge on any atom is -0.352 e. The fourth-order valence-corrected chi connectivity index (χ4v) is 1.75. The summed E-state index contributed by atoms with van der Waals surface area (Å²) in [5.74, 6) is 0. The molecule has 0 unspecified atom stereocenters. The Kier molecular flexibility index (Phi) is 4.58. The van der Waals surface area contributed by atoms with E-state index in [0.717, 1.165) is 17.7 Å². The van der Waals surface area contributed by atoms with Crippen LogP contribution in [0.15, 0.2) is 18.2 Å². The lowest BCUT2D eigenvalue weighted by molar-refractivity contribution is 0.248. The fourth-order valence-electron chi connectivity index (χ4n) is 1.47. The van der Waals surface area contributed by atoms with Crippen LogP contribution in [0, 0.1) is 0 Å². The molecule has 0 saturated carbocycles. The Morgan fingerprint density at radius 1 is 1.38 bits per heavy atom. The molecule has 0 bridgehead atoms. The topological polar surface area (TPSA) is 58.4 Å². The first-order chi connectivity index (χ1) is 7.47. The standard InChI is InChI=1S/C11H16ClN3O/c1-15(2)7-9-3-8(4-10(12)5-9)6-14-11(13)16/h3-5H,6-7H2,1-2H3,(H3,13,14,16). The third-order valence-corrected chi connectivity index (χ3v) is 2.20. The summed E-state index contributed by atoms with van der Waals surface area (Å²) in [6.45, 7) is 1.21. The minimum atomic E-state index is -0.533. The van der Waals surface area contributed by atoms with E-state index in [4.69, 9.17) is 17.3 Å². The second-order valence-electron chi connectivity index (χ2n) is 3.92. The molecule has 1 aromatic carbocycles. The molecule has 4 nitrogen and oxygen atoms in total. The molecule has 0 atom stereocenters. The van der Waals surface area contributed by atoms with Crippen molar-refractivity contribution in [3.63, 3.8) is 0 Å². The number of nitrogens with one attached hydrogen (secondary N) is 1. The molecule has 88 valence electrons. The van der Waals surface area contributed by atoms with E-state index in [1.54, 1.807) is 0 Å². The molecule has 1 aromatic rings. The predicted molar refractivity (Wildman–Crippen MR) is 65.3 cm³/mol. The van der Waals surface area contributed by atoms with E-state index in [0.29, 0.717) is 11.6 Å². The number of hydrogen-bond donors (Lipinski definition) is 2. The number of halogens is 1. The number of carbonyl (C=O) groups is 1. The highest BCUT2D eigenvalue weighted by Crippen LogP contribution is 2.16. The van der Waals surface area contributed by atoms with E-state index in [2.05, 4.69) is 10.2 Å². The number of rotatable bonds is 4. The van der Waals surface area contributed by atoms with Gasteiger partial charge in [0, 0.05) is 18.1 Å². The number of urea groups is 1. The highest BCUT2D eigenvalue weighted by molar-refractivity contribution is 6.30. The first-order valence-corrected chi connectivity index (χ1v) is 5.31. The summed E-state index contributed by atoms with van der Waals surface area (Å²) >= 11 is 5.99. The normalized spacial score (nSPS) is 10.5. The van der Waals surface area contributed by atoms with Crippen molar-refractivity contribution >= 4 is 17.6 Å². The van der Waals surface area contributed by atoms with Gasteiger partial charge in [-0.1, -0.05) is 17.7 Å². The second kappa shape index (κ2) is 5.72. The van der Waals surface area contributed by atoms with Gasteiger partial charge in [0.2, 0.25) is 0 Å². The number of carbonyl (C=O) groups excluding carboxylic acids is 1. The molecule has 5 heteroatoms. The number of nitrogens with two attached hydrogens (primary N) is 1. The van der Waals surface area contributed by atoms with Gasteiger partial charge in [0.1, 0.15) is 0 Å². The van der Waals surface area contributed by atoms with Crippen LogP contribution in [0.25, 0.3) is 0 Å². The van der Waals surface area contributed by atoms with Gasteiger partial charge in [-0.3, -0.25) is 0 Å². The van der Waals surface area contributed by atoms with Crippen LogP contribution in [0.4, 0.5) is 4.79 Å². The molecule has 0 saturated heterocycles. The van der Waals surface area contributed by atoms with Crippen molar-refractivity contribution < 1.29 is 4.79 Å². The number of benzene rings is 1. The first-order valence-electron chi connectivity index (χ1n) is 4.94. The Labute approximate surface area is 100 Å². The van der Waals surface area contributed by atoms with Crippen LogP contribution in [0.5, 0.6) is 0 Å². The van der Waals surface area contributed by atoms with Crippen LogP contribution in [0.2, 0.25) is 5.02 Å². The third-order valence-electron chi connectivity index (χ3n) is 1.98. The Bertz CT molecular complexity index is 379. The van der Waals surface area contributed by atoms with Crippen molar-refractivity contribution in [3.05, 3.63) is 34.3 Å². The lowest BCUT2D eigenvalue weighted by Gasteiger charge is -2.11. The smallest absolute Gasteiger partial charge is 0.312 e. The first kappa shape index (κ1) is 12.8. The molecule has 0 aliphatic rings. The van der Waals surface area contributed by atoms with Gasteiger partial charge in [0.05, 0.1) is 0 Å². The van der Waals surface area contributed by atoms with Crippen LogP contribution in [0.3, 0.4) is 0 Å². The molecule has 0 aliphatic carbocycles. The predicted octanol–water partition coefficient (Wildman–Crippen LogP) is 1.57. The van der Waals surface area contributed by atoms with E-state index < -0.39 is 6.03 Å². The molecular formula is C11H16ClN3O. The largest absolute Gasteiger partial charge is 0.352 e. The van der Waals surface area contributed by atoms with Crippen LogP contribution < -0.4 is 11.1 Å². The van der Waals surface area contributed by atoms with Crippen LogP contribution >= 0.6 is 11.6 Å². The van der Waals surface area contributed by atoms with E-state index in [1.807, 2.05) is 32.3 Å². The number of amides is 2. The van der Waals surface area contributed by atoms with Crippen LogP contribution in [-0.4, -0.2) is 25.0 Å². The van der Waals surface area contributed by atoms with Crippen molar-refractivity contribution in [1.82, 2.24) is 10.2 Å². The molecular weight excluding hydrogens is 226 g/mol. The maximum absolute atomic E-state index is 10.6. The lowest BCUT2D eigenvalue weighted by Crippen LogP contribution is -2.28. The van der Waals surface area contributed by atoms with Gasteiger partial charge in [-0.25, -0.2) is 4.79 Å². The van der Waals surface area contributed by atoms with Crippen molar-refractivity contribution in [2.45, 2.75) is 13.1 Å². The van der Waals surface area contributed by atoms with Crippen LogP contribution in [0.1, 0.15) is 11.1 Å². The summed E-state index contributed by atoms with van der Waals surface area (Å²) in [7, 11) is 3.98. The molecule has 3 N–H and O–H groups in total. The fraction of sp³-hybridized carbons (Fsp3) is 0.364. The summed E-state index contributed by atoms with van der Waals surface area (Å²) in [4.78, 5) is 12.6. The van der Waals surface area contributed by atoms with Gasteiger partial charge in [-0.05, 0) is 37.4 Å². The van der Waals surface area contributed by atoms with Gasteiger partial charge < -0.3 is 16.0 Å². The zero-order chi connectivity index (χ0) is 12.1. The van der Waals surface area contributed by atoms with Gasteiger partial charge in [-0.2, -0.15) is 0 Å². The van der Waals surface area contributed by atoms with E-state index in [1.165, 1.54) is 0 Å². The Hall–Kier alpha value is -1.26. The van der Waals surface area contributed by atoms with Gasteiger partial charge in [0.15, 0.2) is 0 Å². The molecule has 1 rings (SSSR count). The maximum Gasteiger partial charge on any atom is 0.312 e. The molecule has 0 aliphatic heterocycles. The van der Waals surface area contributed by atoms with E-state index in [-0.39, 0.29) is 0 Å². The van der Waals surface area contributed by atoms with Gasteiger partial charge in [0.25, 0.3) is 0 Å². The molecule has 0 spiro atoms. The monoisotopic (exact) mass is 241 g/mol. The van der Waals surface area contributed by atoms with Crippen molar-refractivity contribution in [2.75, 3.05) is 14.1 Å². The average molecular weight is 242 g/mol. The van der Waals surface area contributed by atoms with Crippen LogP contribution in [-0.2, 0) is 13.1 Å². The van der Waals surface area contributed by atoms with Crippen molar-refractivity contribution in [1.29, 1.82) is 0 Å². The third kappa shape index (κ3) is 4.51. The molecule has 0 radical (unpaired) electrons. The molecule has 0 fully saturated rings. The van der Waals surface area contributed by atoms with Gasteiger partial charge >= 0.3 is 6.03 Å².